The molecule has 4 rings (SSSR count). The number of aromatic nitrogens is 3. The SMILES string of the molecule is OC1CNCC1CNCc1cn(Cc2ccccc2)nc1-c1cccnc1. The van der Waals surface area contributed by atoms with Crippen LogP contribution in [-0.2, 0) is 13.1 Å². The Morgan fingerprint density at radius 2 is 2.04 bits per heavy atom. The van der Waals surface area contributed by atoms with Crippen molar-refractivity contribution in [3.63, 3.8) is 0 Å². The summed E-state index contributed by atoms with van der Waals surface area (Å²) in [6, 6.07) is 14.3. The number of benzene rings is 1. The van der Waals surface area contributed by atoms with Crippen LogP contribution in [0.25, 0.3) is 11.3 Å². The van der Waals surface area contributed by atoms with Gasteiger partial charge >= 0.3 is 0 Å². The van der Waals surface area contributed by atoms with Crippen LogP contribution in [0.3, 0.4) is 0 Å². The summed E-state index contributed by atoms with van der Waals surface area (Å²) in [6.07, 6.45) is 5.46. The van der Waals surface area contributed by atoms with Crippen LogP contribution in [0.2, 0.25) is 0 Å². The molecular formula is C21H25N5O. The van der Waals surface area contributed by atoms with Gasteiger partial charge in [-0.05, 0) is 17.7 Å². The van der Waals surface area contributed by atoms with Crippen molar-refractivity contribution in [1.82, 2.24) is 25.4 Å². The molecular weight excluding hydrogens is 338 g/mol. The van der Waals surface area contributed by atoms with E-state index in [0.29, 0.717) is 13.1 Å². The first-order valence-electron chi connectivity index (χ1n) is 9.40. The van der Waals surface area contributed by atoms with Crippen molar-refractivity contribution in [2.24, 2.45) is 5.92 Å². The molecule has 0 aliphatic carbocycles. The van der Waals surface area contributed by atoms with Gasteiger partial charge < -0.3 is 15.7 Å². The lowest BCUT2D eigenvalue weighted by Crippen LogP contribution is -2.30. The van der Waals surface area contributed by atoms with Crippen molar-refractivity contribution in [1.29, 1.82) is 0 Å². The standard InChI is InChI=1S/C21H25N5O/c27-20-13-24-11-18(20)10-23-12-19-15-26(14-16-5-2-1-3-6-16)25-21(19)17-7-4-8-22-9-17/h1-9,15,18,20,23-24,27H,10-14H2. The number of hydrogen-bond acceptors (Lipinski definition) is 5. The summed E-state index contributed by atoms with van der Waals surface area (Å²) < 4.78 is 1.99. The minimum Gasteiger partial charge on any atom is -0.391 e. The van der Waals surface area contributed by atoms with Crippen LogP contribution in [0.4, 0.5) is 0 Å². The van der Waals surface area contributed by atoms with Crippen LogP contribution in [0.5, 0.6) is 0 Å². The molecule has 140 valence electrons. The molecule has 0 bridgehead atoms. The lowest BCUT2D eigenvalue weighted by atomic mass is 10.1. The van der Waals surface area contributed by atoms with Gasteiger partial charge in [0, 0.05) is 61.8 Å². The van der Waals surface area contributed by atoms with Gasteiger partial charge in [-0.1, -0.05) is 30.3 Å². The van der Waals surface area contributed by atoms with Crippen molar-refractivity contribution < 1.29 is 5.11 Å². The molecule has 2 aromatic heterocycles. The summed E-state index contributed by atoms with van der Waals surface area (Å²) in [5.41, 5.74) is 4.33. The number of pyridine rings is 1. The van der Waals surface area contributed by atoms with Crippen LogP contribution < -0.4 is 10.6 Å². The number of nitrogens with one attached hydrogen (secondary N) is 2. The monoisotopic (exact) mass is 363 g/mol. The van der Waals surface area contributed by atoms with E-state index in [2.05, 4.69) is 33.9 Å². The van der Waals surface area contributed by atoms with Gasteiger partial charge in [0.25, 0.3) is 0 Å². The van der Waals surface area contributed by atoms with Gasteiger partial charge in [0.1, 0.15) is 0 Å². The Balaban J connectivity index is 1.51. The molecule has 0 radical (unpaired) electrons. The van der Waals surface area contributed by atoms with Crippen molar-refractivity contribution in [2.45, 2.75) is 19.2 Å². The Morgan fingerprint density at radius 1 is 1.15 bits per heavy atom. The first kappa shape index (κ1) is 17.9. The molecule has 2 atom stereocenters. The average Bonchev–Trinajstić information content (AvgIpc) is 3.30. The largest absolute Gasteiger partial charge is 0.391 e. The lowest BCUT2D eigenvalue weighted by molar-refractivity contribution is 0.146. The van der Waals surface area contributed by atoms with E-state index in [4.69, 9.17) is 5.10 Å². The Labute approximate surface area is 159 Å². The number of nitrogens with zero attached hydrogens (tertiary/aromatic N) is 3. The summed E-state index contributed by atoms with van der Waals surface area (Å²) in [5.74, 6) is 0.256. The Hall–Kier alpha value is -2.54. The summed E-state index contributed by atoms with van der Waals surface area (Å²) >= 11 is 0. The van der Waals surface area contributed by atoms with E-state index < -0.39 is 0 Å². The first-order valence-corrected chi connectivity index (χ1v) is 9.40. The quantitative estimate of drug-likeness (QED) is 0.595. The third kappa shape index (κ3) is 4.42. The third-order valence-corrected chi connectivity index (χ3v) is 4.99. The summed E-state index contributed by atoms with van der Waals surface area (Å²) in [6.45, 7) is 3.77. The van der Waals surface area contributed by atoms with E-state index in [0.717, 1.165) is 36.5 Å². The molecule has 3 aromatic rings. The minimum absolute atomic E-state index is 0.256. The maximum absolute atomic E-state index is 9.96. The fourth-order valence-electron chi connectivity index (χ4n) is 3.51. The minimum atomic E-state index is -0.268. The zero-order valence-electron chi connectivity index (χ0n) is 15.3. The fraction of sp³-hybridized carbons (Fsp3) is 0.333. The molecule has 1 aliphatic heterocycles. The maximum Gasteiger partial charge on any atom is 0.0983 e. The molecule has 6 nitrogen and oxygen atoms in total. The van der Waals surface area contributed by atoms with Crippen LogP contribution in [0, 0.1) is 5.92 Å². The van der Waals surface area contributed by atoms with Gasteiger partial charge in [-0.2, -0.15) is 5.10 Å². The molecule has 0 spiro atoms. The van der Waals surface area contributed by atoms with Gasteiger partial charge in [0.2, 0.25) is 0 Å². The zero-order valence-corrected chi connectivity index (χ0v) is 15.3. The molecule has 3 N–H and O–H groups in total. The highest BCUT2D eigenvalue weighted by atomic mass is 16.3. The zero-order chi connectivity index (χ0) is 18.5. The molecule has 6 heteroatoms. The van der Waals surface area contributed by atoms with Crippen LogP contribution in [0.15, 0.2) is 61.1 Å². The third-order valence-electron chi connectivity index (χ3n) is 4.99. The van der Waals surface area contributed by atoms with E-state index in [-0.39, 0.29) is 12.0 Å². The van der Waals surface area contributed by atoms with E-state index in [9.17, 15) is 5.11 Å². The van der Waals surface area contributed by atoms with Gasteiger partial charge in [-0.25, -0.2) is 0 Å². The summed E-state index contributed by atoms with van der Waals surface area (Å²) in [7, 11) is 0. The molecule has 1 aromatic carbocycles. The van der Waals surface area contributed by atoms with Gasteiger partial charge in [0.15, 0.2) is 0 Å². The fourth-order valence-corrected chi connectivity index (χ4v) is 3.51. The normalized spacial score (nSPS) is 19.4. The molecule has 0 amide bonds. The van der Waals surface area contributed by atoms with E-state index in [1.165, 1.54) is 5.56 Å². The van der Waals surface area contributed by atoms with Gasteiger partial charge in [-0.3, -0.25) is 9.67 Å². The second-order valence-corrected chi connectivity index (χ2v) is 7.04. The van der Waals surface area contributed by atoms with E-state index >= 15 is 0 Å². The van der Waals surface area contributed by atoms with Crippen molar-refractivity contribution >= 4 is 0 Å². The van der Waals surface area contributed by atoms with Crippen LogP contribution >= 0.6 is 0 Å². The van der Waals surface area contributed by atoms with E-state index in [1.807, 2.05) is 41.2 Å². The molecule has 0 saturated carbocycles. The van der Waals surface area contributed by atoms with Crippen molar-refractivity contribution in [3.8, 4) is 11.3 Å². The predicted octanol–water partition coefficient (Wildman–Crippen LogP) is 1.66. The lowest BCUT2D eigenvalue weighted by Gasteiger charge is -2.14. The van der Waals surface area contributed by atoms with Crippen molar-refractivity contribution in [2.75, 3.05) is 19.6 Å². The Morgan fingerprint density at radius 3 is 2.78 bits per heavy atom. The Kier molecular flexibility index (Phi) is 5.58. The summed E-state index contributed by atoms with van der Waals surface area (Å²) in [4.78, 5) is 4.24. The number of aliphatic hydroxyl groups is 1. The first-order chi connectivity index (χ1) is 13.3. The van der Waals surface area contributed by atoms with Gasteiger partial charge in [-0.15, -0.1) is 0 Å². The van der Waals surface area contributed by atoms with Crippen LogP contribution in [-0.4, -0.2) is 45.6 Å². The Bertz CT molecular complexity index is 850. The smallest absolute Gasteiger partial charge is 0.0983 e. The molecule has 1 aliphatic rings. The van der Waals surface area contributed by atoms with E-state index in [1.54, 1.807) is 6.20 Å². The maximum atomic E-state index is 9.96. The second-order valence-electron chi connectivity index (χ2n) is 7.04. The van der Waals surface area contributed by atoms with Crippen molar-refractivity contribution in [3.05, 3.63) is 72.2 Å². The topological polar surface area (TPSA) is 75.0 Å². The number of hydrogen-bond donors (Lipinski definition) is 3. The predicted molar refractivity (Wildman–Crippen MR) is 105 cm³/mol. The highest BCUT2D eigenvalue weighted by Gasteiger charge is 2.24. The summed E-state index contributed by atoms with van der Waals surface area (Å²) in [5, 5.41) is 21.5. The molecule has 1 fully saturated rings. The van der Waals surface area contributed by atoms with Gasteiger partial charge in [0.05, 0.1) is 18.3 Å². The highest BCUT2D eigenvalue weighted by molar-refractivity contribution is 5.61. The molecule has 2 unspecified atom stereocenters. The second kappa shape index (κ2) is 8.43. The number of aliphatic hydroxyl groups excluding tert-OH is 1. The highest BCUT2D eigenvalue weighted by Crippen LogP contribution is 2.22. The number of β-amino-alcohol motifs (C(OH)–C–C–N with tert-alkyl or cyclic N) is 1. The number of rotatable bonds is 7. The molecule has 1 saturated heterocycles. The average molecular weight is 363 g/mol. The van der Waals surface area contributed by atoms with Crippen LogP contribution in [0.1, 0.15) is 11.1 Å². The molecule has 27 heavy (non-hydrogen) atoms. The molecule has 3 heterocycles.